The van der Waals surface area contributed by atoms with Gasteiger partial charge in [0.15, 0.2) is 5.82 Å². The zero-order chi connectivity index (χ0) is 18.6. The van der Waals surface area contributed by atoms with Crippen LogP contribution in [0.2, 0.25) is 0 Å². The summed E-state index contributed by atoms with van der Waals surface area (Å²) in [6, 6.07) is 6.63. The van der Waals surface area contributed by atoms with Crippen molar-refractivity contribution >= 4 is 0 Å². The largest absolute Gasteiger partial charge is 0.376 e. The number of ether oxygens (including phenoxy) is 1. The lowest BCUT2D eigenvalue weighted by Crippen LogP contribution is -2.48. The Balaban J connectivity index is 1.62. The highest BCUT2D eigenvalue weighted by Crippen LogP contribution is 2.29. The second kappa shape index (κ2) is 8.41. The first-order valence-corrected chi connectivity index (χ1v) is 9.84. The van der Waals surface area contributed by atoms with E-state index in [2.05, 4.69) is 32.2 Å². The summed E-state index contributed by atoms with van der Waals surface area (Å²) in [6.07, 6.45) is 2.29. The van der Waals surface area contributed by atoms with Gasteiger partial charge in [0.25, 0.3) is 0 Å². The van der Waals surface area contributed by atoms with Gasteiger partial charge >= 0.3 is 0 Å². The van der Waals surface area contributed by atoms with Crippen molar-refractivity contribution < 1.29 is 9.13 Å². The van der Waals surface area contributed by atoms with Crippen LogP contribution in [0.4, 0.5) is 4.39 Å². The van der Waals surface area contributed by atoms with Crippen LogP contribution in [-0.4, -0.2) is 75.4 Å². The van der Waals surface area contributed by atoms with Crippen molar-refractivity contribution in [1.29, 1.82) is 0 Å². The molecule has 2 aliphatic heterocycles. The number of benzene rings is 1. The number of tetrazole rings is 1. The van der Waals surface area contributed by atoms with Gasteiger partial charge in [-0.1, -0.05) is 19.1 Å². The molecule has 0 spiro atoms. The van der Waals surface area contributed by atoms with Crippen molar-refractivity contribution in [2.45, 2.75) is 38.5 Å². The van der Waals surface area contributed by atoms with Crippen LogP contribution in [0.3, 0.4) is 0 Å². The molecule has 0 saturated carbocycles. The molecule has 0 N–H and O–H groups in total. The zero-order valence-corrected chi connectivity index (χ0v) is 15.8. The first kappa shape index (κ1) is 18.5. The molecule has 0 aliphatic carbocycles. The van der Waals surface area contributed by atoms with E-state index in [4.69, 9.17) is 4.74 Å². The Bertz CT molecular complexity index is 722. The van der Waals surface area contributed by atoms with Crippen molar-refractivity contribution in [3.63, 3.8) is 0 Å². The molecule has 2 saturated heterocycles. The van der Waals surface area contributed by atoms with E-state index in [0.29, 0.717) is 6.54 Å². The third-order valence-electron chi connectivity index (χ3n) is 5.61. The van der Waals surface area contributed by atoms with Gasteiger partial charge in [-0.05, 0) is 47.5 Å². The molecule has 2 fully saturated rings. The van der Waals surface area contributed by atoms with Gasteiger partial charge in [-0.15, -0.1) is 5.10 Å². The van der Waals surface area contributed by atoms with E-state index in [1.54, 1.807) is 0 Å². The lowest BCUT2D eigenvalue weighted by Gasteiger charge is -2.38. The quantitative estimate of drug-likeness (QED) is 0.767. The molecule has 8 heteroatoms. The van der Waals surface area contributed by atoms with E-state index >= 15 is 0 Å². The number of hydrogen-bond donors (Lipinski definition) is 0. The summed E-state index contributed by atoms with van der Waals surface area (Å²) in [5.74, 6) is 0.578. The highest BCUT2D eigenvalue weighted by atomic mass is 19.1. The molecule has 2 aromatic rings. The third-order valence-corrected chi connectivity index (χ3v) is 5.61. The zero-order valence-electron chi connectivity index (χ0n) is 15.8. The maximum atomic E-state index is 13.5. The standard InChI is InChI=1S/C19H27FN6O/c1-2-24-9-11-25(12-10-24)18(15-5-7-16(20)8-6-15)19-21-22-23-26(19)14-17-4-3-13-27-17/h5-8,17-18H,2-4,9-14H2,1H3. The molecular weight excluding hydrogens is 347 g/mol. The van der Waals surface area contributed by atoms with E-state index in [9.17, 15) is 4.39 Å². The molecule has 3 heterocycles. The molecule has 0 amide bonds. The van der Waals surface area contributed by atoms with Crippen LogP contribution in [0.1, 0.15) is 37.2 Å². The minimum absolute atomic E-state index is 0.0824. The van der Waals surface area contributed by atoms with Crippen molar-refractivity contribution in [2.24, 2.45) is 0 Å². The normalized spacial score (nSPS) is 23.0. The van der Waals surface area contributed by atoms with Gasteiger partial charge in [0, 0.05) is 32.8 Å². The van der Waals surface area contributed by atoms with Gasteiger partial charge in [0.2, 0.25) is 0 Å². The molecule has 2 atom stereocenters. The van der Waals surface area contributed by atoms with Crippen LogP contribution in [0.25, 0.3) is 0 Å². The minimum atomic E-state index is -0.229. The average Bonchev–Trinajstić information content (AvgIpc) is 3.37. The molecular formula is C19H27FN6O. The van der Waals surface area contributed by atoms with Crippen molar-refractivity contribution in [2.75, 3.05) is 39.3 Å². The average molecular weight is 374 g/mol. The maximum absolute atomic E-state index is 13.5. The molecule has 1 aromatic carbocycles. The topological polar surface area (TPSA) is 59.3 Å². The second-order valence-corrected chi connectivity index (χ2v) is 7.28. The molecule has 0 radical (unpaired) electrons. The van der Waals surface area contributed by atoms with E-state index in [1.165, 1.54) is 12.1 Å². The Kier molecular flexibility index (Phi) is 5.75. The van der Waals surface area contributed by atoms with Crippen LogP contribution in [0, 0.1) is 5.82 Å². The van der Waals surface area contributed by atoms with Crippen LogP contribution in [0.15, 0.2) is 24.3 Å². The number of likely N-dealkylation sites (N-methyl/N-ethyl adjacent to an activating group) is 1. The number of aromatic nitrogens is 4. The summed E-state index contributed by atoms with van der Waals surface area (Å²) in [5.41, 5.74) is 1.02. The Hall–Kier alpha value is -1.90. The first-order chi connectivity index (χ1) is 13.2. The van der Waals surface area contributed by atoms with Crippen LogP contribution < -0.4 is 0 Å². The van der Waals surface area contributed by atoms with Crippen LogP contribution in [0.5, 0.6) is 0 Å². The Morgan fingerprint density at radius 2 is 1.96 bits per heavy atom. The lowest BCUT2D eigenvalue weighted by molar-refractivity contribution is 0.0861. The van der Waals surface area contributed by atoms with Gasteiger partial charge < -0.3 is 9.64 Å². The smallest absolute Gasteiger partial charge is 0.173 e. The predicted octanol–water partition coefficient (Wildman–Crippen LogP) is 1.72. The summed E-state index contributed by atoms with van der Waals surface area (Å²) >= 11 is 0. The molecule has 7 nitrogen and oxygen atoms in total. The van der Waals surface area contributed by atoms with Gasteiger partial charge in [0.05, 0.1) is 18.7 Å². The predicted molar refractivity (Wildman–Crippen MR) is 98.7 cm³/mol. The molecule has 0 bridgehead atoms. The first-order valence-electron chi connectivity index (χ1n) is 9.84. The fraction of sp³-hybridized carbons (Fsp3) is 0.632. The van der Waals surface area contributed by atoms with E-state index < -0.39 is 0 Å². The third kappa shape index (κ3) is 4.17. The van der Waals surface area contributed by atoms with Crippen molar-refractivity contribution in [3.8, 4) is 0 Å². The second-order valence-electron chi connectivity index (χ2n) is 7.28. The molecule has 4 rings (SSSR count). The fourth-order valence-electron chi connectivity index (χ4n) is 4.02. The monoisotopic (exact) mass is 374 g/mol. The number of hydrogen-bond acceptors (Lipinski definition) is 6. The number of halogens is 1. The molecule has 27 heavy (non-hydrogen) atoms. The summed E-state index contributed by atoms with van der Waals surface area (Å²) in [6.45, 7) is 8.62. The van der Waals surface area contributed by atoms with E-state index in [1.807, 2.05) is 16.8 Å². The van der Waals surface area contributed by atoms with E-state index in [-0.39, 0.29) is 18.0 Å². The lowest BCUT2D eigenvalue weighted by atomic mass is 10.0. The Morgan fingerprint density at radius 1 is 1.19 bits per heavy atom. The Labute approximate surface area is 159 Å². The SMILES string of the molecule is CCN1CCN(C(c2ccc(F)cc2)c2nnnn2CC2CCCO2)CC1. The summed E-state index contributed by atoms with van der Waals surface area (Å²) in [7, 11) is 0. The summed E-state index contributed by atoms with van der Waals surface area (Å²) < 4.78 is 21.1. The van der Waals surface area contributed by atoms with Crippen molar-refractivity contribution in [3.05, 3.63) is 41.5 Å². The summed E-state index contributed by atoms with van der Waals surface area (Å²) in [5, 5.41) is 12.6. The van der Waals surface area contributed by atoms with Gasteiger partial charge in [0.1, 0.15) is 5.82 Å². The molecule has 146 valence electrons. The van der Waals surface area contributed by atoms with Gasteiger partial charge in [-0.25, -0.2) is 9.07 Å². The van der Waals surface area contributed by atoms with Crippen LogP contribution in [-0.2, 0) is 11.3 Å². The fourth-order valence-corrected chi connectivity index (χ4v) is 4.02. The number of rotatable bonds is 6. The van der Waals surface area contributed by atoms with Gasteiger partial charge in [-0.2, -0.15) is 0 Å². The summed E-state index contributed by atoms with van der Waals surface area (Å²) in [4.78, 5) is 4.84. The molecule has 1 aromatic heterocycles. The van der Waals surface area contributed by atoms with Crippen molar-refractivity contribution in [1.82, 2.24) is 30.0 Å². The minimum Gasteiger partial charge on any atom is -0.376 e. The van der Waals surface area contributed by atoms with Gasteiger partial charge in [-0.3, -0.25) is 4.90 Å². The molecule has 2 unspecified atom stereocenters. The molecule has 2 aliphatic rings. The number of piperazine rings is 1. The Morgan fingerprint density at radius 3 is 2.63 bits per heavy atom. The number of nitrogens with zero attached hydrogens (tertiary/aromatic N) is 6. The highest BCUT2D eigenvalue weighted by Gasteiger charge is 2.31. The highest BCUT2D eigenvalue weighted by molar-refractivity contribution is 5.25. The van der Waals surface area contributed by atoms with Crippen LogP contribution >= 0.6 is 0 Å². The van der Waals surface area contributed by atoms with E-state index in [0.717, 1.165) is 63.6 Å². The maximum Gasteiger partial charge on any atom is 0.173 e.